The highest BCUT2D eigenvalue weighted by molar-refractivity contribution is 5.77. The van der Waals surface area contributed by atoms with Gasteiger partial charge in [-0.15, -0.1) is 0 Å². The second kappa shape index (κ2) is 11.0. The molecule has 3 aromatic rings. The van der Waals surface area contributed by atoms with Crippen molar-refractivity contribution in [3.05, 3.63) is 93.5 Å². The summed E-state index contributed by atoms with van der Waals surface area (Å²) < 4.78 is 5.93. The molecule has 4 rings (SSSR count). The molecule has 0 bridgehead atoms. The lowest BCUT2D eigenvalue weighted by molar-refractivity contribution is -0.123. The number of anilines is 1. The minimum Gasteiger partial charge on any atom is -0.502 e. The van der Waals surface area contributed by atoms with Crippen LogP contribution in [-0.2, 0) is 23.3 Å². The van der Waals surface area contributed by atoms with Crippen molar-refractivity contribution in [1.29, 1.82) is 0 Å². The number of hydrogen-bond donors (Lipinski definition) is 2. The first-order chi connectivity index (χ1) is 17.3. The van der Waals surface area contributed by atoms with Crippen molar-refractivity contribution in [2.45, 2.75) is 44.7 Å². The van der Waals surface area contributed by atoms with Crippen LogP contribution in [0.1, 0.15) is 41.9 Å². The number of piperidine rings is 1. The molecule has 1 aliphatic rings. The molecule has 1 aliphatic heterocycles. The van der Waals surface area contributed by atoms with E-state index >= 15 is 0 Å². The summed E-state index contributed by atoms with van der Waals surface area (Å²) in [4.78, 5) is 29.9. The van der Waals surface area contributed by atoms with E-state index in [0.29, 0.717) is 25.1 Å². The molecule has 0 spiro atoms. The predicted octanol–water partition coefficient (Wildman–Crippen LogP) is 3.96. The molecular formula is C29H35N3O4. The van der Waals surface area contributed by atoms with Crippen molar-refractivity contribution >= 4 is 11.6 Å². The van der Waals surface area contributed by atoms with E-state index in [2.05, 4.69) is 22.3 Å². The van der Waals surface area contributed by atoms with Gasteiger partial charge < -0.3 is 19.7 Å². The molecule has 2 aromatic carbocycles. The third-order valence-electron chi connectivity index (χ3n) is 7.03. The molecule has 1 aromatic heterocycles. The van der Waals surface area contributed by atoms with Gasteiger partial charge in [0.1, 0.15) is 5.76 Å². The number of aryl methyl sites for hydroxylation is 1. The van der Waals surface area contributed by atoms with Crippen molar-refractivity contribution in [2.24, 2.45) is 0 Å². The van der Waals surface area contributed by atoms with Gasteiger partial charge in [-0.05, 0) is 56.1 Å². The van der Waals surface area contributed by atoms with Gasteiger partial charge in [0, 0.05) is 50.8 Å². The van der Waals surface area contributed by atoms with E-state index < -0.39 is 10.8 Å². The van der Waals surface area contributed by atoms with Crippen LogP contribution in [0, 0.1) is 6.92 Å². The molecule has 7 nitrogen and oxygen atoms in total. The SMILES string of the molecule is Cc1cc(=O)c(O)c(C2(CC(=O)NCc3ccc(N(C)C)cc3)CCN(Cc3ccccc3)CC2)o1. The lowest BCUT2D eigenvalue weighted by atomic mass is 9.72. The summed E-state index contributed by atoms with van der Waals surface area (Å²) in [6.07, 6.45) is 1.34. The molecule has 0 saturated carbocycles. The maximum atomic E-state index is 13.2. The van der Waals surface area contributed by atoms with E-state index in [-0.39, 0.29) is 23.8 Å². The Bertz CT molecular complexity index is 1230. The van der Waals surface area contributed by atoms with Gasteiger partial charge in [0.2, 0.25) is 17.1 Å². The number of carbonyl (C=O) groups excluding carboxylic acids is 1. The lowest BCUT2D eigenvalue weighted by Gasteiger charge is -2.41. The fourth-order valence-corrected chi connectivity index (χ4v) is 4.91. The van der Waals surface area contributed by atoms with E-state index in [1.54, 1.807) is 6.92 Å². The van der Waals surface area contributed by atoms with E-state index in [1.165, 1.54) is 11.6 Å². The first kappa shape index (κ1) is 25.5. The highest BCUT2D eigenvalue weighted by atomic mass is 16.4. The summed E-state index contributed by atoms with van der Waals surface area (Å²) in [5.41, 5.74) is 2.11. The Morgan fingerprint density at radius 3 is 2.36 bits per heavy atom. The zero-order valence-electron chi connectivity index (χ0n) is 21.3. The average molecular weight is 490 g/mol. The number of nitrogens with zero attached hydrogens (tertiary/aromatic N) is 2. The predicted molar refractivity (Wildman–Crippen MR) is 141 cm³/mol. The van der Waals surface area contributed by atoms with Gasteiger partial charge in [0.15, 0.2) is 5.76 Å². The fourth-order valence-electron chi connectivity index (χ4n) is 4.91. The number of aromatic hydroxyl groups is 1. The Balaban J connectivity index is 1.50. The zero-order chi connectivity index (χ0) is 25.7. The maximum Gasteiger partial charge on any atom is 0.227 e. The number of rotatable bonds is 8. The standard InChI is InChI=1S/C29H35N3O4/c1-21-17-25(33)27(35)28(36-21)29(13-15-32(16-14-29)20-23-7-5-4-6-8-23)18-26(34)30-19-22-9-11-24(12-10-22)31(2)3/h4-12,17,35H,13-16,18-20H2,1-3H3,(H,30,34). The van der Waals surface area contributed by atoms with Crippen LogP contribution in [0.25, 0.3) is 0 Å². The maximum absolute atomic E-state index is 13.2. The molecule has 0 unspecified atom stereocenters. The number of carbonyl (C=O) groups is 1. The molecule has 1 saturated heterocycles. The summed E-state index contributed by atoms with van der Waals surface area (Å²) in [6.45, 7) is 4.37. The zero-order valence-corrected chi connectivity index (χ0v) is 21.3. The third kappa shape index (κ3) is 5.97. The van der Waals surface area contributed by atoms with E-state index in [4.69, 9.17) is 4.42 Å². The minimum atomic E-state index is -0.749. The van der Waals surface area contributed by atoms with Gasteiger partial charge in [-0.3, -0.25) is 14.5 Å². The summed E-state index contributed by atoms with van der Waals surface area (Å²) in [5, 5.41) is 13.7. The molecule has 0 aliphatic carbocycles. The van der Waals surface area contributed by atoms with E-state index in [1.807, 2.05) is 61.5 Å². The lowest BCUT2D eigenvalue weighted by Crippen LogP contribution is -2.45. The Kier molecular flexibility index (Phi) is 7.79. The smallest absolute Gasteiger partial charge is 0.227 e. The van der Waals surface area contributed by atoms with Gasteiger partial charge in [-0.1, -0.05) is 42.5 Å². The second-order valence-electron chi connectivity index (χ2n) is 9.96. The summed E-state index contributed by atoms with van der Waals surface area (Å²) in [7, 11) is 3.97. The number of hydrogen-bond acceptors (Lipinski definition) is 6. The monoisotopic (exact) mass is 489 g/mol. The topological polar surface area (TPSA) is 86.0 Å². The molecule has 1 fully saturated rings. The molecule has 1 amide bonds. The Labute approximate surface area is 212 Å². The van der Waals surface area contributed by atoms with Crippen molar-refractivity contribution in [3.8, 4) is 5.75 Å². The Morgan fingerprint density at radius 1 is 1.06 bits per heavy atom. The van der Waals surface area contributed by atoms with Crippen molar-refractivity contribution in [2.75, 3.05) is 32.1 Å². The molecule has 36 heavy (non-hydrogen) atoms. The second-order valence-corrected chi connectivity index (χ2v) is 9.96. The number of benzene rings is 2. The average Bonchev–Trinajstić information content (AvgIpc) is 2.87. The Hall–Kier alpha value is -3.58. The van der Waals surface area contributed by atoms with Crippen LogP contribution in [0.3, 0.4) is 0 Å². The number of amides is 1. The van der Waals surface area contributed by atoms with Crippen LogP contribution in [-0.4, -0.2) is 43.1 Å². The molecule has 2 heterocycles. The highest BCUT2D eigenvalue weighted by Gasteiger charge is 2.43. The van der Waals surface area contributed by atoms with Gasteiger partial charge in [-0.25, -0.2) is 0 Å². The van der Waals surface area contributed by atoms with E-state index in [9.17, 15) is 14.7 Å². The van der Waals surface area contributed by atoms with Crippen molar-refractivity contribution in [1.82, 2.24) is 10.2 Å². The van der Waals surface area contributed by atoms with Gasteiger partial charge >= 0.3 is 0 Å². The Morgan fingerprint density at radius 2 is 1.72 bits per heavy atom. The van der Waals surface area contributed by atoms with Crippen molar-refractivity contribution < 1.29 is 14.3 Å². The van der Waals surface area contributed by atoms with Gasteiger partial charge in [0.05, 0.1) is 0 Å². The van der Waals surface area contributed by atoms with Crippen LogP contribution in [0.2, 0.25) is 0 Å². The highest BCUT2D eigenvalue weighted by Crippen LogP contribution is 2.42. The normalized spacial score (nSPS) is 15.4. The summed E-state index contributed by atoms with van der Waals surface area (Å²) in [5.74, 6) is 0.147. The first-order valence-corrected chi connectivity index (χ1v) is 12.4. The summed E-state index contributed by atoms with van der Waals surface area (Å²) >= 11 is 0. The van der Waals surface area contributed by atoms with Gasteiger partial charge in [0.25, 0.3) is 0 Å². The van der Waals surface area contributed by atoms with Crippen LogP contribution in [0.4, 0.5) is 5.69 Å². The largest absolute Gasteiger partial charge is 0.502 e. The third-order valence-corrected chi connectivity index (χ3v) is 7.03. The van der Waals surface area contributed by atoms with Crippen LogP contribution < -0.4 is 15.6 Å². The van der Waals surface area contributed by atoms with Gasteiger partial charge in [-0.2, -0.15) is 0 Å². The molecule has 190 valence electrons. The molecular weight excluding hydrogens is 454 g/mol. The van der Waals surface area contributed by atoms with E-state index in [0.717, 1.165) is 30.9 Å². The number of nitrogens with one attached hydrogen (secondary N) is 1. The summed E-state index contributed by atoms with van der Waals surface area (Å²) in [6, 6.07) is 19.6. The molecule has 0 atom stereocenters. The van der Waals surface area contributed by atoms with Crippen LogP contribution in [0.5, 0.6) is 5.75 Å². The molecule has 0 radical (unpaired) electrons. The quantitative estimate of drug-likeness (QED) is 0.498. The van der Waals surface area contributed by atoms with Crippen LogP contribution in [0.15, 0.2) is 69.9 Å². The minimum absolute atomic E-state index is 0.133. The fraction of sp³-hybridized carbons (Fsp3) is 0.379. The molecule has 2 N–H and O–H groups in total. The first-order valence-electron chi connectivity index (χ1n) is 12.4. The van der Waals surface area contributed by atoms with Crippen molar-refractivity contribution in [3.63, 3.8) is 0 Å². The molecule has 7 heteroatoms. The van der Waals surface area contributed by atoms with Crippen LogP contribution >= 0.6 is 0 Å². The number of likely N-dealkylation sites (tertiary alicyclic amines) is 1.